The fourth-order valence-corrected chi connectivity index (χ4v) is 3.47. The molecule has 1 aliphatic rings. The van der Waals surface area contributed by atoms with Crippen LogP contribution in [0, 0.1) is 5.41 Å². The summed E-state index contributed by atoms with van der Waals surface area (Å²) in [6, 6.07) is 9.87. The van der Waals surface area contributed by atoms with E-state index in [9.17, 15) is 9.59 Å². The standard InChI is InChI=1S/C23H29N3O2/c1-15(2)18-8-5-9-19(16(3)4)20(18)26-22(28)23(10-11-23)21(27)25-14-17-7-6-12-24-13-17/h5-9,12-13,15-16H,10-11,14H2,1-4H3,(H,25,27)(H,26,28). The van der Waals surface area contributed by atoms with Crippen LogP contribution in [0.1, 0.15) is 69.1 Å². The Bertz CT molecular complexity index is 829. The molecule has 0 spiro atoms. The number of nitrogens with zero attached hydrogens (tertiary/aromatic N) is 1. The molecule has 148 valence electrons. The first kappa shape index (κ1) is 20.1. The highest BCUT2D eigenvalue weighted by Gasteiger charge is 2.56. The summed E-state index contributed by atoms with van der Waals surface area (Å²) in [5.41, 5.74) is 3.03. The number of benzene rings is 1. The minimum atomic E-state index is -0.958. The number of hydrogen-bond acceptors (Lipinski definition) is 3. The van der Waals surface area contributed by atoms with E-state index in [1.54, 1.807) is 12.4 Å². The van der Waals surface area contributed by atoms with Gasteiger partial charge in [-0.25, -0.2) is 0 Å². The molecule has 1 aromatic carbocycles. The van der Waals surface area contributed by atoms with E-state index in [4.69, 9.17) is 0 Å². The summed E-state index contributed by atoms with van der Waals surface area (Å²) < 4.78 is 0. The second-order valence-corrected chi connectivity index (χ2v) is 8.20. The molecule has 1 heterocycles. The number of aromatic nitrogens is 1. The van der Waals surface area contributed by atoms with Crippen LogP contribution in [0.5, 0.6) is 0 Å². The normalized spacial score (nSPS) is 14.8. The monoisotopic (exact) mass is 379 g/mol. The van der Waals surface area contributed by atoms with Crippen molar-refractivity contribution in [2.24, 2.45) is 5.41 Å². The average molecular weight is 380 g/mol. The Balaban J connectivity index is 1.76. The van der Waals surface area contributed by atoms with Crippen LogP contribution in [0.2, 0.25) is 0 Å². The molecule has 1 aliphatic carbocycles. The van der Waals surface area contributed by atoms with E-state index >= 15 is 0 Å². The van der Waals surface area contributed by atoms with E-state index in [1.807, 2.05) is 30.3 Å². The second-order valence-electron chi connectivity index (χ2n) is 8.20. The highest BCUT2D eigenvalue weighted by atomic mass is 16.2. The lowest BCUT2D eigenvalue weighted by molar-refractivity contribution is -0.134. The quantitative estimate of drug-likeness (QED) is 0.702. The lowest BCUT2D eigenvalue weighted by atomic mass is 9.92. The van der Waals surface area contributed by atoms with Gasteiger partial charge >= 0.3 is 0 Å². The van der Waals surface area contributed by atoms with Gasteiger partial charge in [0.2, 0.25) is 11.8 Å². The molecule has 2 N–H and O–H groups in total. The molecule has 5 nitrogen and oxygen atoms in total. The summed E-state index contributed by atoms with van der Waals surface area (Å²) in [6.07, 6.45) is 4.57. The van der Waals surface area contributed by atoms with E-state index in [0.717, 1.165) is 22.4 Å². The number of rotatable bonds is 7. The van der Waals surface area contributed by atoms with Gasteiger partial charge in [-0.15, -0.1) is 0 Å². The van der Waals surface area contributed by atoms with Crippen molar-refractivity contribution in [1.29, 1.82) is 0 Å². The maximum atomic E-state index is 13.1. The number of para-hydroxylation sites is 1. The first-order chi connectivity index (χ1) is 13.3. The van der Waals surface area contributed by atoms with Gasteiger partial charge < -0.3 is 10.6 Å². The maximum absolute atomic E-state index is 13.1. The summed E-state index contributed by atoms with van der Waals surface area (Å²) >= 11 is 0. The molecule has 5 heteroatoms. The van der Waals surface area contributed by atoms with Crippen LogP contribution in [-0.2, 0) is 16.1 Å². The molecule has 1 saturated carbocycles. The fourth-order valence-electron chi connectivity index (χ4n) is 3.47. The Morgan fingerprint density at radius 1 is 1.00 bits per heavy atom. The van der Waals surface area contributed by atoms with Crippen molar-refractivity contribution in [2.45, 2.75) is 58.9 Å². The Morgan fingerprint density at radius 3 is 2.14 bits per heavy atom. The Morgan fingerprint density at radius 2 is 1.64 bits per heavy atom. The predicted molar refractivity (Wildman–Crippen MR) is 111 cm³/mol. The molecule has 2 aromatic rings. The van der Waals surface area contributed by atoms with E-state index in [1.165, 1.54) is 0 Å². The third kappa shape index (κ3) is 4.08. The molecular weight excluding hydrogens is 350 g/mol. The van der Waals surface area contributed by atoms with E-state index in [2.05, 4.69) is 43.3 Å². The number of nitrogens with one attached hydrogen (secondary N) is 2. The molecular formula is C23H29N3O2. The zero-order valence-corrected chi connectivity index (χ0v) is 17.1. The summed E-state index contributed by atoms with van der Waals surface area (Å²) in [4.78, 5) is 29.9. The van der Waals surface area contributed by atoms with Crippen molar-refractivity contribution in [3.05, 3.63) is 59.4 Å². The molecule has 0 saturated heterocycles. The SMILES string of the molecule is CC(C)c1cccc(C(C)C)c1NC(=O)C1(C(=O)NCc2cccnc2)CC1. The molecule has 0 atom stereocenters. The fraction of sp³-hybridized carbons (Fsp3) is 0.435. The molecule has 0 unspecified atom stereocenters. The van der Waals surface area contributed by atoms with Crippen LogP contribution in [0.25, 0.3) is 0 Å². The maximum Gasteiger partial charge on any atom is 0.240 e. The van der Waals surface area contributed by atoms with Crippen molar-refractivity contribution < 1.29 is 9.59 Å². The number of amides is 2. The van der Waals surface area contributed by atoms with Crippen molar-refractivity contribution in [3.8, 4) is 0 Å². The Hall–Kier alpha value is -2.69. The van der Waals surface area contributed by atoms with Gasteiger partial charge in [0, 0.05) is 24.6 Å². The van der Waals surface area contributed by atoms with Crippen molar-refractivity contribution in [2.75, 3.05) is 5.32 Å². The minimum Gasteiger partial charge on any atom is -0.351 e. The van der Waals surface area contributed by atoms with Crippen LogP contribution >= 0.6 is 0 Å². The third-order valence-electron chi connectivity index (χ3n) is 5.41. The van der Waals surface area contributed by atoms with Gasteiger partial charge in [-0.1, -0.05) is 52.0 Å². The van der Waals surface area contributed by atoms with Gasteiger partial charge in [0.05, 0.1) is 0 Å². The lowest BCUT2D eigenvalue weighted by Crippen LogP contribution is -2.40. The van der Waals surface area contributed by atoms with Crippen LogP contribution in [0.15, 0.2) is 42.7 Å². The molecule has 28 heavy (non-hydrogen) atoms. The van der Waals surface area contributed by atoms with E-state index in [-0.39, 0.29) is 23.7 Å². The molecule has 3 rings (SSSR count). The van der Waals surface area contributed by atoms with Crippen LogP contribution < -0.4 is 10.6 Å². The Labute approximate surface area is 167 Å². The number of carbonyl (C=O) groups excluding carboxylic acids is 2. The van der Waals surface area contributed by atoms with Gasteiger partial charge in [-0.05, 0) is 47.4 Å². The summed E-state index contributed by atoms with van der Waals surface area (Å²) in [5.74, 6) is 0.153. The van der Waals surface area contributed by atoms with Crippen LogP contribution in [-0.4, -0.2) is 16.8 Å². The largest absolute Gasteiger partial charge is 0.351 e. The molecule has 0 radical (unpaired) electrons. The minimum absolute atomic E-state index is 0.203. The van der Waals surface area contributed by atoms with Crippen LogP contribution in [0.3, 0.4) is 0 Å². The Kier molecular flexibility index (Phi) is 5.82. The zero-order chi connectivity index (χ0) is 20.3. The van der Waals surface area contributed by atoms with E-state index in [0.29, 0.717) is 19.4 Å². The topological polar surface area (TPSA) is 71.1 Å². The lowest BCUT2D eigenvalue weighted by Gasteiger charge is -2.22. The van der Waals surface area contributed by atoms with E-state index < -0.39 is 5.41 Å². The molecule has 0 bridgehead atoms. The van der Waals surface area contributed by atoms with Gasteiger partial charge in [0.15, 0.2) is 0 Å². The molecule has 0 aliphatic heterocycles. The molecule has 1 aromatic heterocycles. The summed E-state index contributed by atoms with van der Waals surface area (Å²) in [7, 11) is 0. The first-order valence-corrected chi connectivity index (χ1v) is 9.96. The van der Waals surface area contributed by atoms with Gasteiger partial charge in [0.25, 0.3) is 0 Å². The highest BCUT2D eigenvalue weighted by Crippen LogP contribution is 2.47. The highest BCUT2D eigenvalue weighted by molar-refractivity contribution is 6.13. The second kappa shape index (κ2) is 8.13. The van der Waals surface area contributed by atoms with Gasteiger partial charge in [-0.2, -0.15) is 0 Å². The van der Waals surface area contributed by atoms with Crippen molar-refractivity contribution in [3.63, 3.8) is 0 Å². The van der Waals surface area contributed by atoms with Crippen molar-refractivity contribution in [1.82, 2.24) is 10.3 Å². The number of anilines is 1. The third-order valence-corrected chi connectivity index (χ3v) is 5.41. The molecule has 1 fully saturated rings. The number of carbonyl (C=O) groups is 2. The first-order valence-electron chi connectivity index (χ1n) is 9.96. The van der Waals surface area contributed by atoms with Gasteiger partial charge in [-0.3, -0.25) is 14.6 Å². The average Bonchev–Trinajstić information content (AvgIpc) is 3.49. The smallest absolute Gasteiger partial charge is 0.240 e. The zero-order valence-electron chi connectivity index (χ0n) is 17.1. The van der Waals surface area contributed by atoms with Crippen LogP contribution in [0.4, 0.5) is 5.69 Å². The molecule has 2 amide bonds. The van der Waals surface area contributed by atoms with Crippen molar-refractivity contribution >= 4 is 17.5 Å². The number of hydrogen-bond donors (Lipinski definition) is 2. The summed E-state index contributed by atoms with van der Waals surface area (Å²) in [5, 5.41) is 6.01. The number of pyridine rings is 1. The predicted octanol–water partition coefficient (Wildman–Crippen LogP) is 4.36. The van der Waals surface area contributed by atoms with Gasteiger partial charge in [0.1, 0.15) is 5.41 Å². The summed E-state index contributed by atoms with van der Waals surface area (Å²) in [6.45, 7) is 8.83.